The monoisotopic (exact) mass is 477 g/mol. The van der Waals surface area contributed by atoms with Gasteiger partial charge in [-0.3, -0.25) is 4.79 Å². The first-order valence-electron chi connectivity index (χ1n) is 10.9. The van der Waals surface area contributed by atoms with Crippen molar-refractivity contribution in [2.45, 2.75) is 26.3 Å². The van der Waals surface area contributed by atoms with E-state index in [2.05, 4.69) is 15.6 Å². The van der Waals surface area contributed by atoms with Gasteiger partial charge >= 0.3 is 5.97 Å². The molecule has 0 radical (unpaired) electrons. The van der Waals surface area contributed by atoms with Gasteiger partial charge in [-0.1, -0.05) is 49.4 Å². The fourth-order valence-corrected chi connectivity index (χ4v) is 4.48. The number of amides is 1. The second kappa shape index (κ2) is 10.0. The number of carbonyl (C=O) groups excluding carboxylic acids is 1. The number of hydrogen-bond acceptors (Lipinski definition) is 5. The zero-order chi connectivity index (χ0) is 24.2. The standard InChI is InChI=1S/C26H24FN3O3S/c1-15(2)13-22(25(32)33)29-24(31)18-5-3-16(4-6-18)17-7-10-20(11-8-17)28-26-30-21-12-9-19(27)14-23(21)34-26/h3-12,14-15,22H,13H2,1-2H3,(H,28,30)(H,29,31)(H,32,33)/t22-/m0/s1. The van der Waals surface area contributed by atoms with Crippen molar-refractivity contribution < 1.29 is 19.1 Å². The van der Waals surface area contributed by atoms with Crippen LogP contribution in [-0.2, 0) is 4.79 Å². The number of benzene rings is 3. The van der Waals surface area contributed by atoms with Crippen LogP contribution in [0.25, 0.3) is 21.3 Å². The molecule has 34 heavy (non-hydrogen) atoms. The molecule has 0 saturated carbocycles. The minimum Gasteiger partial charge on any atom is -0.480 e. The van der Waals surface area contributed by atoms with Gasteiger partial charge in [0.1, 0.15) is 11.9 Å². The van der Waals surface area contributed by atoms with Crippen LogP contribution < -0.4 is 10.6 Å². The van der Waals surface area contributed by atoms with Crippen molar-refractivity contribution in [1.29, 1.82) is 0 Å². The minimum absolute atomic E-state index is 0.152. The van der Waals surface area contributed by atoms with E-state index in [1.54, 1.807) is 18.2 Å². The van der Waals surface area contributed by atoms with Crippen LogP contribution in [0.5, 0.6) is 0 Å². The number of nitrogens with one attached hydrogen (secondary N) is 2. The molecule has 4 aromatic rings. The third-order valence-electron chi connectivity index (χ3n) is 5.28. The van der Waals surface area contributed by atoms with E-state index in [-0.39, 0.29) is 11.7 Å². The van der Waals surface area contributed by atoms with Gasteiger partial charge in [-0.25, -0.2) is 14.2 Å². The summed E-state index contributed by atoms with van der Waals surface area (Å²) in [5.74, 6) is -1.58. The average molecular weight is 478 g/mol. The zero-order valence-electron chi connectivity index (χ0n) is 18.7. The maximum absolute atomic E-state index is 13.4. The molecule has 0 aliphatic heterocycles. The lowest BCUT2D eigenvalue weighted by atomic mass is 10.0. The summed E-state index contributed by atoms with van der Waals surface area (Å²) in [6.45, 7) is 3.83. The minimum atomic E-state index is -1.04. The molecule has 0 aliphatic rings. The molecule has 0 spiro atoms. The highest BCUT2D eigenvalue weighted by Crippen LogP contribution is 2.30. The summed E-state index contributed by atoms with van der Waals surface area (Å²) in [5.41, 5.74) is 3.89. The van der Waals surface area contributed by atoms with Gasteiger partial charge in [0.25, 0.3) is 5.91 Å². The summed E-state index contributed by atoms with van der Waals surface area (Å²) < 4.78 is 14.2. The predicted octanol–water partition coefficient (Wildman–Crippen LogP) is 6.08. The number of anilines is 2. The molecule has 0 fully saturated rings. The second-order valence-electron chi connectivity index (χ2n) is 8.40. The maximum atomic E-state index is 13.4. The lowest BCUT2D eigenvalue weighted by Crippen LogP contribution is -2.41. The maximum Gasteiger partial charge on any atom is 0.326 e. The molecule has 174 valence electrons. The van der Waals surface area contributed by atoms with Gasteiger partial charge in [-0.2, -0.15) is 0 Å². The Balaban J connectivity index is 1.42. The van der Waals surface area contributed by atoms with Gasteiger partial charge in [0.15, 0.2) is 5.13 Å². The number of carboxylic acids is 1. The Morgan fingerprint density at radius 3 is 2.26 bits per heavy atom. The molecule has 3 aromatic carbocycles. The van der Waals surface area contributed by atoms with Crippen molar-refractivity contribution in [3.05, 3.63) is 78.1 Å². The fourth-order valence-electron chi connectivity index (χ4n) is 3.57. The first-order chi connectivity index (χ1) is 16.3. The lowest BCUT2D eigenvalue weighted by molar-refractivity contribution is -0.139. The first-order valence-corrected chi connectivity index (χ1v) is 11.7. The summed E-state index contributed by atoms with van der Waals surface area (Å²) in [5, 5.41) is 15.9. The zero-order valence-corrected chi connectivity index (χ0v) is 19.5. The van der Waals surface area contributed by atoms with E-state index in [9.17, 15) is 19.1 Å². The van der Waals surface area contributed by atoms with Gasteiger partial charge in [-0.05, 0) is 65.9 Å². The number of thiazole rings is 1. The van der Waals surface area contributed by atoms with Gasteiger partial charge in [0.2, 0.25) is 0 Å². The Morgan fingerprint density at radius 2 is 1.65 bits per heavy atom. The summed E-state index contributed by atoms with van der Waals surface area (Å²) in [4.78, 5) is 28.4. The molecule has 1 aromatic heterocycles. The molecule has 0 aliphatic carbocycles. The van der Waals surface area contributed by atoms with Crippen LogP contribution in [0, 0.1) is 11.7 Å². The fraction of sp³-hybridized carbons (Fsp3) is 0.192. The van der Waals surface area contributed by atoms with E-state index in [0.717, 1.165) is 27.0 Å². The molecule has 0 unspecified atom stereocenters. The summed E-state index contributed by atoms with van der Waals surface area (Å²) in [7, 11) is 0. The van der Waals surface area contributed by atoms with E-state index in [4.69, 9.17) is 0 Å². The molecular weight excluding hydrogens is 453 g/mol. The second-order valence-corrected chi connectivity index (χ2v) is 9.44. The number of aliphatic carboxylic acids is 1. The van der Waals surface area contributed by atoms with Gasteiger partial charge < -0.3 is 15.7 Å². The molecule has 4 rings (SSSR count). The van der Waals surface area contributed by atoms with Crippen LogP contribution in [-0.4, -0.2) is 28.0 Å². The van der Waals surface area contributed by atoms with E-state index < -0.39 is 17.9 Å². The van der Waals surface area contributed by atoms with Crippen molar-refractivity contribution >= 4 is 44.2 Å². The van der Waals surface area contributed by atoms with E-state index in [1.165, 1.54) is 23.5 Å². The molecule has 1 amide bonds. The molecule has 6 nitrogen and oxygen atoms in total. The molecule has 8 heteroatoms. The molecule has 0 bridgehead atoms. The smallest absolute Gasteiger partial charge is 0.326 e. The van der Waals surface area contributed by atoms with Crippen molar-refractivity contribution in [2.24, 2.45) is 5.92 Å². The Kier molecular flexibility index (Phi) is 6.88. The normalized spacial score (nSPS) is 12.0. The molecule has 0 saturated heterocycles. The Hall–Kier alpha value is -3.78. The highest BCUT2D eigenvalue weighted by Gasteiger charge is 2.21. The lowest BCUT2D eigenvalue weighted by Gasteiger charge is -2.16. The van der Waals surface area contributed by atoms with Gasteiger partial charge in [0.05, 0.1) is 10.2 Å². The van der Waals surface area contributed by atoms with Crippen molar-refractivity contribution in [2.75, 3.05) is 5.32 Å². The van der Waals surface area contributed by atoms with E-state index in [1.807, 2.05) is 50.2 Å². The quantitative estimate of drug-likeness (QED) is 0.286. The Morgan fingerprint density at radius 1 is 1.00 bits per heavy atom. The highest BCUT2D eigenvalue weighted by atomic mass is 32.1. The van der Waals surface area contributed by atoms with Gasteiger partial charge in [-0.15, -0.1) is 0 Å². The number of aromatic nitrogens is 1. The third kappa shape index (κ3) is 5.58. The number of hydrogen-bond donors (Lipinski definition) is 3. The highest BCUT2D eigenvalue weighted by molar-refractivity contribution is 7.22. The van der Waals surface area contributed by atoms with Crippen LogP contribution in [0.1, 0.15) is 30.6 Å². The van der Waals surface area contributed by atoms with Crippen molar-refractivity contribution in [1.82, 2.24) is 10.3 Å². The van der Waals surface area contributed by atoms with E-state index >= 15 is 0 Å². The molecule has 1 heterocycles. The number of halogens is 1. The largest absolute Gasteiger partial charge is 0.480 e. The average Bonchev–Trinajstić information content (AvgIpc) is 3.20. The summed E-state index contributed by atoms with van der Waals surface area (Å²) >= 11 is 1.38. The predicted molar refractivity (Wildman–Crippen MR) is 133 cm³/mol. The van der Waals surface area contributed by atoms with Crippen LogP contribution in [0.4, 0.5) is 15.2 Å². The molecular formula is C26H24FN3O3S. The summed E-state index contributed by atoms with van der Waals surface area (Å²) in [6, 6.07) is 18.4. The topological polar surface area (TPSA) is 91.3 Å². The third-order valence-corrected chi connectivity index (χ3v) is 6.21. The number of nitrogens with zero attached hydrogens (tertiary/aromatic N) is 1. The van der Waals surface area contributed by atoms with Crippen LogP contribution in [0.3, 0.4) is 0 Å². The number of carbonyl (C=O) groups is 2. The van der Waals surface area contributed by atoms with Crippen LogP contribution in [0.15, 0.2) is 66.7 Å². The first kappa shape index (κ1) is 23.4. The number of rotatable bonds is 8. The van der Waals surface area contributed by atoms with E-state index in [0.29, 0.717) is 17.1 Å². The van der Waals surface area contributed by atoms with Crippen LogP contribution in [0.2, 0.25) is 0 Å². The van der Waals surface area contributed by atoms with Crippen molar-refractivity contribution in [3.8, 4) is 11.1 Å². The Bertz CT molecular complexity index is 1320. The number of carboxylic acid groups (broad SMARTS) is 1. The SMILES string of the molecule is CC(C)C[C@H](NC(=O)c1ccc(-c2ccc(Nc3nc4ccc(F)cc4s3)cc2)cc1)C(=O)O. The Labute approximate surface area is 200 Å². The summed E-state index contributed by atoms with van der Waals surface area (Å²) in [6.07, 6.45) is 0.368. The van der Waals surface area contributed by atoms with Gasteiger partial charge in [0, 0.05) is 11.3 Å². The molecule has 3 N–H and O–H groups in total. The number of fused-ring (bicyclic) bond motifs is 1. The molecule has 1 atom stereocenters. The van der Waals surface area contributed by atoms with Crippen molar-refractivity contribution in [3.63, 3.8) is 0 Å². The van der Waals surface area contributed by atoms with Crippen LogP contribution >= 0.6 is 11.3 Å².